The van der Waals surface area contributed by atoms with Gasteiger partial charge in [0.1, 0.15) is 0 Å². The molecule has 0 radical (unpaired) electrons. The second-order valence-electron chi connectivity index (χ2n) is 3.06. The molecule has 0 heterocycles. The zero-order valence-corrected chi connectivity index (χ0v) is 15.4. The van der Waals surface area contributed by atoms with Crippen molar-refractivity contribution in [1.82, 2.24) is 0 Å². The quantitative estimate of drug-likeness (QED) is 0.443. The van der Waals surface area contributed by atoms with E-state index in [2.05, 4.69) is 13.8 Å². The molecule has 0 fully saturated rings. The van der Waals surface area contributed by atoms with Crippen LogP contribution in [0.25, 0.3) is 0 Å². The van der Waals surface area contributed by atoms with Crippen molar-refractivity contribution in [3.05, 3.63) is 0 Å². The first-order chi connectivity index (χ1) is 8.24. The van der Waals surface area contributed by atoms with Crippen LogP contribution in [-0.2, 0) is 29.5 Å². The molecule has 0 aromatic rings. The molecule has 0 atom stereocenters. The Morgan fingerprint density at radius 1 is 0.765 bits per heavy atom. The van der Waals surface area contributed by atoms with Crippen molar-refractivity contribution >= 4 is 0 Å². The molecule has 0 aromatic carbocycles. The van der Waals surface area contributed by atoms with E-state index in [1.54, 1.807) is 13.8 Å². The Hall–Kier alpha value is 0.710. The summed E-state index contributed by atoms with van der Waals surface area (Å²) >= 11 is -1.07. The standard InChI is InChI=1S/2C4H9O.2C2H5O.Hf/c2*1-2-3-4-5;2*1-2-3;/h2*2-4H2,1H3;2*2H2,1H3;/q4*-1;+4. The molecule has 4 nitrogen and oxygen atoms in total. The minimum absolute atomic E-state index is 0. The van der Waals surface area contributed by atoms with Crippen LogP contribution in [0.4, 0.5) is 0 Å². The third-order valence-corrected chi connectivity index (χ3v) is 3.63. The van der Waals surface area contributed by atoms with Crippen molar-refractivity contribution in [3.63, 3.8) is 0 Å². The van der Waals surface area contributed by atoms with Gasteiger partial charge in [-0.25, -0.2) is 0 Å². The molecule has 0 N–H and O–H groups in total. The van der Waals surface area contributed by atoms with E-state index in [0.29, 0.717) is 0 Å². The molecule has 0 spiro atoms. The predicted molar refractivity (Wildman–Crippen MR) is 62.8 cm³/mol. The third kappa shape index (κ3) is 47.7. The summed E-state index contributed by atoms with van der Waals surface area (Å²) in [5.41, 5.74) is 0. The maximum Gasteiger partial charge on any atom is -0.0809 e. The summed E-state index contributed by atoms with van der Waals surface area (Å²) in [7, 11) is 0. The maximum atomic E-state index is 8.93. The monoisotopic (exact) mass is 416 g/mol. The fourth-order valence-corrected chi connectivity index (χ4v) is 2.49. The van der Waals surface area contributed by atoms with Gasteiger partial charge in [0, 0.05) is 0 Å². The van der Waals surface area contributed by atoms with E-state index in [0.717, 1.165) is 13.2 Å². The van der Waals surface area contributed by atoms with Gasteiger partial charge in [-0.2, -0.15) is 0 Å². The molecular formula is C12H28HfO4. The summed E-state index contributed by atoms with van der Waals surface area (Å²) < 4.78 is 10.8. The number of hydrogen-bond acceptors (Lipinski definition) is 4. The summed E-state index contributed by atoms with van der Waals surface area (Å²) in [6.07, 6.45) is 4.81. The minimum Gasteiger partial charge on any atom is -0.855 e. The van der Waals surface area contributed by atoms with Crippen LogP contribution in [0.3, 0.4) is 0 Å². The SMILES string of the molecule is CCCC[O][Hf+2][O]CCCC.CC[O-].CC[O-]. The van der Waals surface area contributed by atoms with Crippen molar-refractivity contribution < 1.29 is 39.7 Å². The number of hydrogen-bond donors (Lipinski definition) is 0. The van der Waals surface area contributed by atoms with Gasteiger partial charge < -0.3 is 10.2 Å². The Kier molecular flexibility index (Phi) is 40.4. The zero-order valence-electron chi connectivity index (χ0n) is 11.8. The van der Waals surface area contributed by atoms with Crippen LogP contribution < -0.4 is 10.2 Å². The Balaban J connectivity index is -0.000000273. The fraction of sp³-hybridized carbons (Fsp3) is 1.00. The minimum atomic E-state index is -1.07. The topological polar surface area (TPSA) is 64.6 Å². The average Bonchev–Trinajstić information content (AvgIpc) is 2.30. The van der Waals surface area contributed by atoms with Crippen molar-refractivity contribution in [3.8, 4) is 0 Å². The summed E-state index contributed by atoms with van der Waals surface area (Å²) in [5.74, 6) is 0. The van der Waals surface area contributed by atoms with Crippen molar-refractivity contribution in [2.45, 2.75) is 53.4 Å². The smallest absolute Gasteiger partial charge is 0.0809 e. The molecule has 0 aliphatic carbocycles. The van der Waals surface area contributed by atoms with Gasteiger partial charge in [0.05, 0.1) is 0 Å². The Bertz CT molecular complexity index is 84.6. The Labute approximate surface area is 119 Å². The molecule has 0 aliphatic rings. The summed E-state index contributed by atoms with van der Waals surface area (Å²) in [6, 6.07) is 0. The van der Waals surface area contributed by atoms with Crippen LogP contribution in [0.2, 0.25) is 0 Å². The van der Waals surface area contributed by atoms with Gasteiger partial charge >= 0.3 is 82.2 Å². The Morgan fingerprint density at radius 2 is 1.06 bits per heavy atom. The molecular weight excluding hydrogens is 387 g/mol. The average molecular weight is 415 g/mol. The zero-order chi connectivity index (χ0) is 13.8. The van der Waals surface area contributed by atoms with Crippen molar-refractivity contribution in [2.24, 2.45) is 0 Å². The molecule has 104 valence electrons. The van der Waals surface area contributed by atoms with Gasteiger partial charge in [-0.05, 0) is 0 Å². The van der Waals surface area contributed by atoms with E-state index >= 15 is 0 Å². The van der Waals surface area contributed by atoms with Crippen LogP contribution >= 0.6 is 0 Å². The first-order valence-electron chi connectivity index (χ1n) is 6.39. The Morgan fingerprint density at radius 3 is 1.29 bits per heavy atom. The molecule has 17 heavy (non-hydrogen) atoms. The van der Waals surface area contributed by atoms with E-state index in [-0.39, 0.29) is 13.2 Å². The van der Waals surface area contributed by atoms with Crippen molar-refractivity contribution in [1.29, 1.82) is 0 Å². The number of unbranched alkanes of at least 4 members (excludes halogenated alkanes) is 2. The van der Waals surface area contributed by atoms with Crippen LogP contribution in [0.5, 0.6) is 0 Å². The molecule has 0 rings (SSSR count). The van der Waals surface area contributed by atoms with Gasteiger partial charge in [-0.1, -0.05) is 13.8 Å². The largest absolute Gasteiger partial charge is 0.855 e. The summed E-state index contributed by atoms with van der Waals surface area (Å²) in [6.45, 7) is 9.33. The molecule has 0 aromatic heterocycles. The van der Waals surface area contributed by atoms with Crippen LogP contribution in [0.1, 0.15) is 53.4 Å². The maximum absolute atomic E-state index is 8.93. The molecule has 0 saturated carbocycles. The third-order valence-electron chi connectivity index (χ3n) is 1.32. The van der Waals surface area contributed by atoms with Gasteiger partial charge in [0.15, 0.2) is 0 Å². The van der Waals surface area contributed by atoms with Gasteiger partial charge in [-0.15, -0.1) is 13.2 Å². The first-order valence-corrected chi connectivity index (χ1v) is 9.32. The second kappa shape index (κ2) is 30.1. The second-order valence-corrected chi connectivity index (χ2v) is 5.74. The summed E-state index contributed by atoms with van der Waals surface area (Å²) in [4.78, 5) is 0. The first kappa shape index (κ1) is 22.9. The number of rotatable bonds is 8. The van der Waals surface area contributed by atoms with Gasteiger partial charge in [0.25, 0.3) is 0 Å². The molecule has 0 amide bonds. The normalized spacial score (nSPS) is 8.35. The van der Waals surface area contributed by atoms with Gasteiger partial charge in [0.2, 0.25) is 0 Å². The van der Waals surface area contributed by atoms with E-state index < -0.39 is 23.8 Å². The summed E-state index contributed by atoms with van der Waals surface area (Å²) in [5, 5.41) is 17.9. The molecule has 0 saturated heterocycles. The molecule has 0 aliphatic heterocycles. The van der Waals surface area contributed by atoms with Crippen LogP contribution in [0.15, 0.2) is 0 Å². The van der Waals surface area contributed by atoms with Crippen LogP contribution in [0, 0.1) is 0 Å². The van der Waals surface area contributed by atoms with E-state index in [9.17, 15) is 0 Å². The van der Waals surface area contributed by atoms with E-state index in [4.69, 9.17) is 15.9 Å². The van der Waals surface area contributed by atoms with Gasteiger partial charge in [-0.3, -0.25) is 0 Å². The van der Waals surface area contributed by atoms with Crippen LogP contribution in [-0.4, -0.2) is 26.4 Å². The molecule has 0 bridgehead atoms. The molecule has 5 heteroatoms. The molecule has 0 unspecified atom stereocenters. The van der Waals surface area contributed by atoms with E-state index in [1.807, 2.05) is 0 Å². The fourth-order valence-electron chi connectivity index (χ4n) is 0.558. The van der Waals surface area contributed by atoms with Crippen molar-refractivity contribution in [2.75, 3.05) is 26.4 Å². The predicted octanol–water partition coefficient (Wildman–Crippen LogP) is 1.27. The van der Waals surface area contributed by atoms with E-state index in [1.165, 1.54) is 25.7 Å².